The van der Waals surface area contributed by atoms with Gasteiger partial charge in [-0.15, -0.1) is 0 Å². The number of rotatable bonds is 4. The first-order valence-corrected chi connectivity index (χ1v) is 7.72. The molecule has 0 spiro atoms. The molecule has 16 heavy (non-hydrogen) atoms. The topological polar surface area (TPSA) is 55.1 Å². The standard InChI is InChI=1S/C12H22N2OS/c13-1-2-14-16(15)12-6-9-3-10(7-12)5-11(4-9)8-12/h9-11,14H,1-8,13H2. The maximum Gasteiger partial charge on any atom is 0.0979 e. The Labute approximate surface area is 100 Å². The van der Waals surface area contributed by atoms with E-state index in [9.17, 15) is 4.21 Å². The van der Waals surface area contributed by atoms with Gasteiger partial charge in [-0.2, -0.15) is 0 Å². The van der Waals surface area contributed by atoms with Crippen molar-refractivity contribution in [2.45, 2.75) is 43.3 Å². The van der Waals surface area contributed by atoms with Gasteiger partial charge in [-0.05, 0) is 56.3 Å². The third-order valence-corrected chi connectivity index (χ3v) is 6.51. The monoisotopic (exact) mass is 242 g/mol. The summed E-state index contributed by atoms with van der Waals surface area (Å²) in [5.74, 6) is 2.61. The zero-order valence-corrected chi connectivity index (χ0v) is 10.6. The smallest absolute Gasteiger partial charge is 0.0979 e. The molecule has 0 amide bonds. The van der Waals surface area contributed by atoms with E-state index in [1.807, 2.05) is 0 Å². The average Bonchev–Trinajstić information content (AvgIpc) is 2.24. The van der Waals surface area contributed by atoms with Gasteiger partial charge in [0, 0.05) is 13.1 Å². The van der Waals surface area contributed by atoms with Crippen LogP contribution in [-0.2, 0) is 11.0 Å². The molecular weight excluding hydrogens is 220 g/mol. The van der Waals surface area contributed by atoms with Crippen LogP contribution in [0.5, 0.6) is 0 Å². The summed E-state index contributed by atoms with van der Waals surface area (Å²) in [6, 6.07) is 0. The number of nitrogens with two attached hydrogens (primary N) is 1. The van der Waals surface area contributed by atoms with Crippen LogP contribution in [0, 0.1) is 17.8 Å². The highest BCUT2D eigenvalue weighted by molar-refractivity contribution is 7.84. The lowest BCUT2D eigenvalue weighted by Crippen LogP contribution is -2.55. The molecule has 0 aromatic heterocycles. The fourth-order valence-corrected chi connectivity index (χ4v) is 6.33. The molecule has 4 saturated carbocycles. The van der Waals surface area contributed by atoms with Crippen LogP contribution >= 0.6 is 0 Å². The molecule has 4 bridgehead atoms. The molecule has 4 fully saturated rings. The molecule has 4 heteroatoms. The van der Waals surface area contributed by atoms with E-state index in [1.54, 1.807) is 0 Å². The molecule has 0 heterocycles. The number of nitrogens with one attached hydrogen (secondary N) is 1. The SMILES string of the molecule is NCCNS(=O)C12CC3CC(CC(C3)C1)C2. The van der Waals surface area contributed by atoms with Crippen molar-refractivity contribution in [2.24, 2.45) is 23.5 Å². The normalized spacial score (nSPS) is 47.2. The van der Waals surface area contributed by atoms with Crippen molar-refractivity contribution in [3.63, 3.8) is 0 Å². The van der Waals surface area contributed by atoms with Crippen LogP contribution in [0.1, 0.15) is 38.5 Å². The van der Waals surface area contributed by atoms with Crippen molar-refractivity contribution in [1.82, 2.24) is 4.72 Å². The third kappa shape index (κ3) is 1.75. The molecule has 3 nitrogen and oxygen atoms in total. The van der Waals surface area contributed by atoms with Crippen molar-refractivity contribution < 1.29 is 4.21 Å². The van der Waals surface area contributed by atoms with E-state index in [0.29, 0.717) is 13.1 Å². The largest absolute Gasteiger partial charge is 0.329 e. The summed E-state index contributed by atoms with van der Waals surface area (Å²) in [5, 5.41) is 0. The maximum absolute atomic E-state index is 12.4. The lowest BCUT2D eigenvalue weighted by Gasteiger charge is -2.55. The minimum Gasteiger partial charge on any atom is -0.329 e. The first-order valence-electron chi connectivity index (χ1n) is 6.57. The van der Waals surface area contributed by atoms with Crippen LogP contribution in [0.4, 0.5) is 0 Å². The fourth-order valence-electron chi connectivity index (χ4n) is 4.56. The summed E-state index contributed by atoms with van der Waals surface area (Å²) in [7, 11) is -0.855. The average molecular weight is 242 g/mol. The minimum absolute atomic E-state index is 0.115. The predicted octanol–water partition coefficient (Wildman–Crippen LogP) is 1.17. The molecule has 0 aromatic carbocycles. The Hall–Kier alpha value is 0.0700. The van der Waals surface area contributed by atoms with E-state index >= 15 is 0 Å². The van der Waals surface area contributed by atoms with Gasteiger partial charge in [0.25, 0.3) is 0 Å². The van der Waals surface area contributed by atoms with Gasteiger partial charge < -0.3 is 5.73 Å². The second kappa shape index (κ2) is 4.07. The quantitative estimate of drug-likeness (QED) is 0.777. The fraction of sp³-hybridized carbons (Fsp3) is 1.00. The Morgan fingerprint density at radius 2 is 1.62 bits per heavy atom. The van der Waals surface area contributed by atoms with E-state index in [4.69, 9.17) is 5.73 Å². The van der Waals surface area contributed by atoms with E-state index < -0.39 is 11.0 Å². The summed E-state index contributed by atoms with van der Waals surface area (Å²) in [6.07, 6.45) is 7.82. The highest BCUT2D eigenvalue weighted by Crippen LogP contribution is 2.57. The van der Waals surface area contributed by atoms with Crippen LogP contribution in [0.25, 0.3) is 0 Å². The summed E-state index contributed by atoms with van der Waals surface area (Å²) in [5.41, 5.74) is 5.47. The Kier molecular flexibility index (Phi) is 2.84. The lowest BCUT2D eigenvalue weighted by molar-refractivity contribution is 0.0357. The van der Waals surface area contributed by atoms with Gasteiger partial charge in [-0.1, -0.05) is 0 Å². The van der Waals surface area contributed by atoms with Crippen LogP contribution in [0.15, 0.2) is 0 Å². The van der Waals surface area contributed by atoms with Crippen LogP contribution in [-0.4, -0.2) is 22.0 Å². The van der Waals surface area contributed by atoms with Crippen molar-refractivity contribution in [2.75, 3.05) is 13.1 Å². The molecule has 4 aliphatic rings. The van der Waals surface area contributed by atoms with Crippen molar-refractivity contribution in [1.29, 1.82) is 0 Å². The first kappa shape index (κ1) is 11.2. The summed E-state index contributed by atoms with van der Waals surface area (Å²) in [6.45, 7) is 1.27. The molecule has 1 atom stereocenters. The molecule has 0 saturated heterocycles. The van der Waals surface area contributed by atoms with Crippen molar-refractivity contribution in [3.8, 4) is 0 Å². The van der Waals surface area contributed by atoms with Gasteiger partial charge in [0.1, 0.15) is 0 Å². The zero-order valence-electron chi connectivity index (χ0n) is 9.78. The second-order valence-electron chi connectivity index (χ2n) is 6.05. The van der Waals surface area contributed by atoms with Crippen LogP contribution in [0.2, 0.25) is 0 Å². The van der Waals surface area contributed by atoms with Gasteiger partial charge in [-0.3, -0.25) is 0 Å². The lowest BCUT2D eigenvalue weighted by atomic mass is 9.56. The number of hydrogen-bond donors (Lipinski definition) is 2. The highest BCUT2D eigenvalue weighted by Gasteiger charge is 2.53. The van der Waals surface area contributed by atoms with Crippen molar-refractivity contribution in [3.05, 3.63) is 0 Å². The van der Waals surface area contributed by atoms with E-state index in [2.05, 4.69) is 4.72 Å². The second-order valence-corrected chi connectivity index (χ2v) is 7.74. The first-order chi connectivity index (χ1) is 7.72. The molecule has 0 aromatic rings. The molecule has 4 aliphatic carbocycles. The Balaban J connectivity index is 1.75. The van der Waals surface area contributed by atoms with Gasteiger partial charge in [0.2, 0.25) is 0 Å². The summed E-state index contributed by atoms with van der Waals surface area (Å²) >= 11 is 0. The molecule has 4 rings (SSSR count). The highest BCUT2D eigenvalue weighted by atomic mass is 32.2. The Morgan fingerprint density at radius 3 is 2.06 bits per heavy atom. The molecule has 0 radical (unpaired) electrons. The van der Waals surface area contributed by atoms with Crippen LogP contribution < -0.4 is 10.5 Å². The zero-order chi connectivity index (χ0) is 11.2. The number of hydrogen-bond acceptors (Lipinski definition) is 2. The van der Waals surface area contributed by atoms with Crippen molar-refractivity contribution >= 4 is 11.0 Å². The Bertz CT molecular complexity index is 270. The van der Waals surface area contributed by atoms with Crippen LogP contribution in [0.3, 0.4) is 0 Å². The molecular formula is C12H22N2OS. The molecule has 0 aliphatic heterocycles. The van der Waals surface area contributed by atoms with E-state index in [0.717, 1.165) is 17.8 Å². The van der Waals surface area contributed by atoms with Gasteiger partial charge >= 0.3 is 0 Å². The third-order valence-electron chi connectivity index (χ3n) is 4.75. The summed E-state index contributed by atoms with van der Waals surface area (Å²) in [4.78, 5) is 0. The minimum atomic E-state index is -0.855. The van der Waals surface area contributed by atoms with E-state index in [-0.39, 0.29) is 4.75 Å². The van der Waals surface area contributed by atoms with E-state index in [1.165, 1.54) is 38.5 Å². The molecule has 1 unspecified atom stereocenters. The molecule has 92 valence electrons. The van der Waals surface area contributed by atoms with Gasteiger partial charge in [-0.25, -0.2) is 8.93 Å². The van der Waals surface area contributed by atoms with Gasteiger partial charge in [0.05, 0.1) is 15.7 Å². The maximum atomic E-state index is 12.4. The van der Waals surface area contributed by atoms with Gasteiger partial charge in [0.15, 0.2) is 0 Å². The summed E-state index contributed by atoms with van der Waals surface area (Å²) < 4.78 is 15.7. The predicted molar refractivity (Wildman–Crippen MR) is 66.1 cm³/mol. The Morgan fingerprint density at radius 1 is 1.12 bits per heavy atom. The molecule has 3 N–H and O–H groups in total.